The molecule has 1 fully saturated rings. The number of nitrogens with zero attached hydrogens (tertiary/aromatic N) is 2. The molecule has 1 saturated heterocycles. The molecule has 2 heterocycles. The van der Waals surface area contributed by atoms with Crippen molar-refractivity contribution in [1.82, 2.24) is 14.5 Å². The number of benzene rings is 1. The van der Waals surface area contributed by atoms with Crippen molar-refractivity contribution in [1.29, 1.82) is 0 Å². The highest BCUT2D eigenvalue weighted by atomic mass is 32.1. The van der Waals surface area contributed by atoms with E-state index >= 15 is 0 Å². The Bertz CT molecular complexity index is 598. The zero-order valence-corrected chi connectivity index (χ0v) is 11.5. The molecular weight excluding hydrogens is 242 g/mol. The topological polar surface area (TPSA) is 24.0 Å². The number of piperidine rings is 1. The van der Waals surface area contributed by atoms with Crippen LogP contribution < -0.4 is 0 Å². The van der Waals surface area contributed by atoms with Crippen molar-refractivity contribution in [3.05, 3.63) is 29.0 Å². The zero-order chi connectivity index (χ0) is 12.5. The highest BCUT2D eigenvalue weighted by Crippen LogP contribution is 2.26. The quantitative estimate of drug-likeness (QED) is 0.838. The molecule has 1 aliphatic rings. The lowest BCUT2D eigenvalue weighted by molar-refractivity contribution is 0.187. The molecule has 1 atom stereocenters. The van der Waals surface area contributed by atoms with E-state index in [-0.39, 0.29) is 0 Å². The van der Waals surface area contributed by atoms with Gasteiger partial charge in [-0.3, -0.25) is 0 Å². The van der Waals surface area contributed by atoms with Gasteiger partial charge >= 0.3 is 0 Å². The van der Waals surface area contributed by atoms with Gasteiger partial charge < -0.3 is 14.5 Å². The Kier molecular flexibility index (Phi) is 3.22. The Morgan fingerprint density at radius 3 is 3.06 bits per heavy atom. The van der Waals surface area contributed by atoms with Crippen LogP contribution in [0.25, 0.3) is 11.0 Å². The van der Waals surface area contributed by atoms with Gasteiger partial charge in [0.1, 0.15) is 0 Å². The molecule has 3 nitrogen and oxygen atoms in total. The SMILES string of the molecule is CCN1CCCC(n2c(=S)[nH]c3ccccc32)C1. The Balaban J connectivity index is 2.03. The van der Waals surface area contributed by atoms with E-state index in [1.165, 1.54) is 24.9 Å². The molecule has 1 aromatic heterocycles. The van der Waals surface area contributed by atoms with Gasteiger partial charge in [0.05, 0.1) is 11.0 Å². The number of para-hydroxylation sites is 2. The van der Waals surface area contributed by atoms with Crippen LogP contribution in [0.5, 0.6) is 0 Å². The standard InChI is InChI=1S/C14H19N3S/c1-2-16-9-5-6-11(10-16)17-13-8-4-3-7-12(13)15-14(17)18/h3-4,7-8,11H,2,5-6,9-10H2,1H3,(H,15,18). The molecule has 18 heavy (non-hydrogen) atoms. The zero-order valence-electron chi connectivity index (χ0n) is 10.7. The maximum atomic E-state index is 5.50. The maximum absolute atomic E-state index is 5.50. The largest absolute Gasteiger partial charge is 0.331 e. The van der Waals surface area contributed by atoms with Crippen molar-refractivity contribution in [2.45, 2.75) is 25.8 Å². The number of nitrogens with one attached hydrogen (secondary N) is 1. The van der Waals surface area contributed by atoms with Crippen LogP contribution in [-0.2, 0) is 0 Å². The van der Waals surface area contributed by atoms with E-state index in [9.17, 15) is 0 Å². The van der Waals surface area contributed by atoms with Crippen LogP contribution in [0.15, 0.2) is 24.3 Å². The van der Waals surface area contributed by atoms with Crippen molar-refractivity contribution in [3.8, 4) is 0 Å². The van der Waals surface area contributed by atoms with Crippen LogP contribution in [0.3, 0.4) is 0 Å². The van der Waals surface area contributed by atoms with Crippen LogP contribution >= 0.6 is 12.2 Å². The normalized spacial score (nSPS) is 21.5. The van der Waals surface area contributed by atoms with Crippen LogP contribution in [-0.4, -0.2) is 34.1 Å². The maximum Gasteiger partial charge on any atom is 0.178 e. The number of aromatic amines is 1. The number of aromatic nitrogens is 2. The summed E-state index contributed by atoms with van der Waals surface area (Å²) in [4.78, 5) is 5.83. The Morgan fingerprint density at radius 2 is 2.22 bits per heavy atom. The fourth-order valence-corrected chi connectivity index (χ4v) is 3.32. The molecule has 1 aromatic carbocycles. The van der Waals surface area contributed by atoms with Crippen molar-refractivity contribution in [3.63, 3.8) is 0 Å². The molecule has 96 valence electrons. The third-order valence-corrected chi connectivity index (χ3v) is 4.22. The molecule has 2 aromatic rings. The number of fused-ring (bicyclic) bond motifs is 1. The molecule has 0 aliphatic carbocycles. The lowest BCUT2D eigenvalue weighted by Crippen LogP contribution is -2.36. The molecule has 0 bridgehead atoms. The molecule has 1 N–H and O–H groups in total. The number of likely N-dealkylation sites (tertiary alicyclic amines) is 1. The van der Waals surface area contributed by atoms with E-state index in [1.807, 2.05) is 0 Å². The smallest absolute Gasteiger partial charge is 0.178 e. The summed E-state index contributed by atoms with van der Waals surface area (Å²) in [5.74, 6) is 0. The van der Waals surface area contributed by atoms with Gasteiger partial charge in [0, 0.05) is 12.6 Å². The summed E-state index contributed by atoms with van der Waals surface area (Å²) in [7, 11) is 0. The van der Waals surface area contributed by atoms with Crippen molar-refractivity contribution in [2.24, 2.45) is 0 Å². The average Bonchev–Trinajstić information content (AvgIpc) is 2.74. The van der Waals surface area contributed by atoms with Gasteiger partial charge in [0.15, 0.2) is 4.77 Å². The van der Waals surface area contributed by atoms with Gasteiger partial charge in [0.2, 0.25) is 0 Å². The number of hydrogen-bond donors (Lipinski definition) is 1. The van der Waals surface area contributed by atoms with E-state index in [4.69, 9.17) is 12.2 Å². The summed E-state index contributed by atoms with van der Waals surface area (Å²) < 4.78 is 3.17. The van der Waals surface area contributed by atoms with Gasteiger partial charge in [-0.2, -0.15) is 0 Å². The second-order valence-corrected chi connectivity index (χ2v) is 5.39. The van der Waals surface area contributed by atoms with E-state index in [0.717, 1.165) is 23.4 Å². The van der Waals surface area contributed by atoms with Gasteiger partial charge in [-0.1, -0.05) is 19.1 Å². The van der Waals surface area contributed by atoms with E-state index < -0.39 is 0 Å². The summed E-state index contributed by atoms with van der Waals surface area (Å²) in [5.41, 5.74) is 2.39. The van der Waals surface area contributed by atoms with Gasteiger partial charge in [-0.15, -0.1) is 0 Å². The molecular formula is C14H19N3S. The lowest BCUT2D eigenvalue weighted by atomic mass is 10.1. The molecule has 1 unspecified atom stereocenters. The second kappa shape index (κ2) is 4.86. The van der Waals surface area contributed by atoms with E-state index in [1.54, 1.807) is 0 Å². The first-order chi connectivity index (χ1) is 8.79. The second-order valence-electron chi connectivity index (χ2n) is 5.01. The summed E-state index contributed by atoms with van der Waals surface area (Å²) in [6, 6.07) is 8.91. The van der Waals surface area contributed by atoms with Crippen molar-refractivity contribution in [2.75, 3.05) is 19.6 Å². The monoisotopic (exact) mass is 261 g/mol. The van der Waals surface area contributed by atoms with Crippen LogP contribution in [0.4, 0.5) is 0 Å². The summed E-state index contributed by atoms with van der Waals surface area (Å²) in [6.45, 7) is 5.71. The Morgan fingerprint density at radius 1 is 1.39 bits per heavy atom. The minimum Gasteiger partial charge on any atom is -0.331 e. The van der Waals surface area contributed by atoms with Gasteiger partial charge in [-0.05, 0) is 50.3 Å². The van der Waals surface area contributed by atoms with Crippen LogP contribution in [0, 0.1) is 4.77 Å². The average molecular weight is 261 g/mol. The number of rotatable bonds is 2. The molecule has 0 amide bonds. The predicted molar refractivity (Wildman–Crippen MR) is 77.5 cm³/mol. The third-order valence-electron chi connectivity index (χ3n) is 3.92. The first-order valence-electron chi connectivity index (χ1n) is 6.71. The van der Waals surface area contributed by atoms with Crippen LogP contribution in [0.2, 0.25) is 0 Å². The minimum absolute atomic E-state index is 0.516. The molecule has 0 spiro atoms. The van der Waals surface area contributed by atoms with Crippen molar-refractivity contribution < 1.29 is 0 Å². The van der Waals surface area contributed by atoms with Gasteiger partial charge in [0.25, 0.3) is 0 Å². The Labute approximate surface area is 112 Å². The molecule has 0 radical (unpaired) electrons. The minimum atomic E-state index is 0.516. The van der Waals surface area contributed by atoms with E-state index in [2.05, 4.69) is 45.6 Å². The summed E-state index contributed by atoms with van der Waals surface area (Å²) >= 11 is 5.50. The summed E-state index contributed by atoms with van der Waals surface area (Å²) in [6.07, 6.45) is 2.49. The number of hydrogen-bond acceptors (Lipinski definition) is 2. The molecule has 4 heteroatoms. The van der Waals surface area contributed by atoms with Crippen LogP contribution in [0.1, 0.15) is 25.8 Å². The summed E-state index contributed by atoms with van der Waals surface area (Å²) in [5, 5.41) is 0. The first kappa shape index (κ1) is 11.9. The highest BCUT2D eigenvalue weighted by Gasteiger charge is 2.22. The fraction of sp³-hybridized carbons (Fsp3) is 0.500. The third kappa shape index (κ3) is 1.99. The number of imidazole rings is 1. The van der Waals surface area contributed by atoms with Gasteiger partial charge in [-0.25, -0.2) is 0 Å². The number of likely N-dealkylation sites (N-methyl/N-ethyl adjacent to an activating group) is 1. The fourth-order valence-electron chi connectivity index (χ4n) is 2.97. The highest BCUT2D eigenvalue weighted by molar-refractivity contribution is 7.71. The van der Waals surface area contributed by atoms with E-state index in [0.29, 0.717) is 6.04 Å². The predicted octanol–water partition coefficient (Wildman–Crippen LogP) is 3.36. The molecule has 1 aliphatic heterocycles. The number of H-pyrrole nitrogens is 1. The molecule has 0 saturated carbocycles. The Hall–Kier alpha value is -1.13. The lowest BCUT2D eigenvalue weighted by Gasteiger charge is -2.32. The van der Waals surface area contributed by atoms with Crippen molar-refractivity contribution >= 4 is 23.3 Å². The molecule has 3 rings (SSSR count). The first-order valence-corrected chi connectivity index (χ1v) is 7.12.